The molecule has 0 aliphatic heterocycles. The van der Waals surface area contributed by atoms with Gasteiger partial charge < -0.3 is 20.1 Å². The normalized spacial score (nSPS) is 14.3. The average molecular weight is 260 g/mol. The lowest BCUT2D eigenvalue weighted by molar-refractivity contribution is -0.135. The van der Waals surface area contributed by atoms with E-state index in [0.717, 1.165) is 6.42 Å². The summed E-state index contributed by atoms with van der Waals surface area (Å²) < 4.78 is 10.1. The summed E-state index contributed by atoms with van der Waals surface area (Å²) in [5.74, 6) is 0.535. The second kappa shape index (κ2) is 10.3. The number of hydrogen-bond donors (Lipinski definition) is 1. The van der Waals surface area contributed by atoms with Crippen LogP contribution in [0.5, 0.6) is 0 Å². The molecule has 0 saturated heterocycles. The fourth-order valence-electron chi connectivity index (χ4n) is 1.74. The molecule has 0 heterocycles. The Morgan fingerprint density at radius 3 is 2.44 bits per heavy atom. The van der Waals surface area contributed by atoms with Crippen LogP contribution < -0.4 is 5.73 Å². The first-order valence-corrected chi connectivity index (χ1v) is 6.54. The Balaban J connectivity index is 4.29. The molecule has 108 valence electrons. The van der Waals surface area contributed by atoms with Crippen molar-refractivity contribution in [2.75, 3.05) is 40.5 Å². The van der Waals surface area contributed by atoms with Crippen molar-refractivity contribution < 1.29 is 14.3 Å². The number of carbonyl (C=O) groups is 1. The molecule has 0 rings (SSSR count). The number of nitrogens with zero attached hydrogens (tertiary/aromatic N) is 1. The van der Waals surface area contributed by atoms with Crippen LogP contribution in [0.25, 0.3) is 0 Å². The largest absolute Gasteiger partial charge is 0.383 e. The first-order chi connectivity index (χ1) is 8.56. The molecule has 0 saturated carbocycles. The first kappa shape index (κ1) is 17.4. The Morgan fingerprint density at radius 2 is 1.94 bits per heavy atom. The van der Waals surface area contributed by atoms with E-state index >= 15 is 0 Å². The molecule has 0 aromatic rings. The number of hydrogen-bond acceptors (Lipinski definition) is 4. The molecule has 1 amide bonds. The molecule has 2 atom stereocenters. The Hall–Kier alpha value is -0.650. The van der Waals surface area contributed by atoms with Gasteiger partial charge in [0.1, 0.15) is 0 Å². The maximum Gasteiger partial charge on any atom is 0.222 e. The van der Waals surface area contributed by atoms with Gasteiger partial charge in [-0.25, -0.2) is 0 Å². The Bertz CT molecular complexity index is 224. The van der Waals surface area contributed by atoms with Gasteiger partial charge in [0.25, 0.3) is 0 Å². The second-order valence-corrected chi connectivity index (χ2v) is 4.76. The molecule has 0 aromatic heterocycles. The van der Waals surface area contributed by atoms with Crippen LogP contribution >= 0.6 is 0 Å². The van der Waals surface area contributed by atoms with Crippen molar-refractivity contribution in [2.24, 2.45) is 11.7 Å². The van der Waals surface area contributed by atoms with Crippen LogP contribution in [0.4, 0.5) is 0 Å². The van der Waals surface area contributed by atoms with Gasteiger partial charge in [-0.3, -0.25) is 4.79 Å². The SMILES string of the molecule is COCCN(C(=O)CCC(C)CN)C(C)COC. The molecule has 0 fully saturated rings. The van der Waals surface area contributed by atoms with Gasteiger partial charge >= 0.3 is 0 Å². The van der Waals surface area contributed by atoms with Crippen LogP contribution in [0, 0.1) is 5.92 Å². The smallest absolute Gasteiger partial charge is 0.222 e. The zero-order valence-corrected chi connectivity index (χ0v) is 12.1. The summed E-state index contributed by atoms with van der Waals surface area (Å²) in [6.45, 7) is 6.37. The van der Waals surface area contributed by atoms with Crippen LogP contribution in [-0.2, 0) is 14.3 Å². The van der Waals surface area contributed by atoms with Gasteiger partial charge in [-0.05, 0) is 25.8 Å². The lowest BCUT2D eigenvalue weighted by atomic mass is 10.1. The van der Waals surface area contributed by atoms with E-state index in [4.69, 9.17) is 15.2 Å². The van der Waals surface area contributed by atoms with Crippen molar-refractivity contribution in [3.63, 3.8) is 0 Å². The second-order valence-electron chi connectivity index (χ2n) is 4.76. The topological polar surface area (TPSA) is 64.8 Å². The van der Waals surface area contributed by atoms with Crippen molar-refractivity contribution in [1.29, 1.82) is 0 Å². The Morgan fingerprint density at radius 1 is 1.28 bits per heavy atom. The van der Waals surface area contributed by atoms with Gasteiger partial charge in [-0.1, -0.05) is 6.92 Å². The molecule has 0 aliphatic carbocycles. The number of rotatable bonds is 10. The van der Waals surface area contributed by atoms with E-state index in [1.165, 1.54) is 0 Å². The fourth-order valence-corrected chi connectivity index (χ4v) is 1.74. The van der Waals surface area contributed by atoms with E-state index < -0.39 is 0 Å². The van der Waals surface area contributed by atoms with Gasteiger partial charge in [0.2, 0.25) is 5.91 Å². The molecule has 0 bridgehead atoms. The van der Waals surface area contributed by atoms with Crippen LogP contribution in [0.15, 0.2) is 0 Å². The summed E-state index contributed by atoms with van der Waals surface area (Å²) in [5, 5.41) is 0. The summed E-state index contributed by atoms with van der Waals surface area (Å²) in [6, 6.07) is 0.0748. The van der Waals surface area contributed by atoms with E-state index in [1.807, 2.05) is 11.8 Å². The predicted octanol–water partition coefficient (Wildman–Crippen LogP) is 0.871. The molecule has 5 nitrogen and oxygen atoms in total. The van der Waals surface area contributed by atoms with E-state index in [0.29, 0.717) is 38.6 Å². The van der Waals surface area contributed by atoms with E-state index in [2.05, 4.69) is 6.92 Å². The van der Waals surface area contributed by atoms with E-state index in [9.17, 15) is 4.79 Å². The summed E-state index contributed by atoms with van der Waals surface area (Å²) >= 11 is 0. The standard InChI is InChI=1S/C13H28N2O3/c1-11(9-14)5-6-13(16)15(7-8-17-3)12(2)10-18-4/h11-12H,5-10,14H2,1-4H3. The number of carbonyl (C=O) groups excluding carboxylic acids is 1. The molecule has 0 radical (unpaired) electrons. The third kappa shape index (κ3) is 6.93. The molecule has 0 spiro atoms. The van der Waals surface area contributed by atoms with Gasteiger partial charge in [-0.2, -0.15) is 0 Å². The minimum Gasteiger partial charge on any atom is -0.383 e. The molecule has 5 heteroatoms. The molecule has 18 heavy (non-hydrogen) atoms. The average Bonchev–Trinajstić information content (AvgIpc) is 2.36. The number of nitrogens with two attached hydrogens (primary N) is 1. The maximum atomic E-state index is 12.2. The third-order valence-corrected chi connectivity index (χ3v) is 3.05. The van der Waals surface area contributed by atoms with Crippen LogP contribution in [0.2, 0.25) is 0 Å². The predicted molar refractivity (Wildman–Crippen MR) is 72.4 cm³/mol. The molecular weight excluding hydrogens is 232 g/mol. The monoisotopic (exact) mass is 260 g/mol. The summed E-state index contributed by atoms with van der Waals surface area (Å²) in [7, 11) is 3.28. The van der Waals surface area contributed by atoms with Gasteiger partial charge in [0.05, 0.1) is 19.3 Å². The summed E-state index contributed by atoms with van der Waals surface area (Å²) in [4.78, 5) is 14.0. The van der Waals surface area contributed by atoms with Crippen molar-refractivity contribution in [1.82, 2.24) is 4.90 Å². The summed E-state index contributed by atoms with van der Waals surface area (Å²) in [6.07, 6.45) is 1.37. The fraction of sp³-hybridized carbons (Fsp3) is 0.923. The zero-order valence-electron chi connectivity index (χ0n) is 12.1. The molecule has 2 N–H and O–H groups in total. The number of methoxy groups -OCH3 is 2. The lowest BCUT2D eigenvalue weighted by Gasteiger charge is -2.29. The molecule has 2 unspecified atom stereocenters. The minimum absolute atomic E-state index is 0.0748. The van der Waals surface area contributed by atoms with Crippen LogP contribution in [0.3, 0.4) is 0 Å². The van der Waals surface area contributed by atoms with Crippen LogP contribution in [0.1, 0.15) is 26.7 Å². The van der Waals surface area contributed by atoms with Gasteiger partial charge in [-0.15, -0.1) is 0 Å². The first-order valence-electron chi connectivity index (χ1n) is 6.54. The summed E-state index contributed by atoms with van der Waals surface area (Å²) in [5.41, 5.74) is 5.56. The molecule has 0 aromatic carbocycles. The van der Waals surface area contributed by atoms with Crippen molar-refractivity contribution in [3.8, 4) is 0 Å². The molecular formula is C13H28N2O3. The highest BCUT2D eigenvalue weighted by atomic mass is 16.5. The number of amides is 1. The Labute approximate surface area is 111 Å². The highest BCUT2D eigenvalue weighted by Crippen LogP contribution is 2.09. The van der Waals surface area contributed by atoms with Crippen molar-refractivity contribution >= 4 is 5.91 Å². The number of ether oxygens (including phenoxy) is 2. The minimum atomic E-state index is 0.0748. The maximum absolute atomic E-state index is 12.2. The van der Waals surface area contributed by atoms with E-state index in [1.54, 1.807) is 14.2 Å². The van der Waals surface area contributed by atoms with E-state index in [-0.39, 0.29) is 11.9 Å². The zero-order chi connectivity index (χ0) is 14.0. The quantitative estimate of drug-likeness (QED) is 0.633. The van der Waals surface area contributed by atoms with Gasteiger partial charge in [0, 0.05) is 27.2 Å². The van der Waals surface area contributed by atoms with Crippen molar-refractivity contribution in [2.45, 2.75) is 32.7 Å². The third-order valence-electron chi connectivity index (χ3n) is 3.05. The van der Waals surface area contributed by atoms with Crippen LogP contribution in [-0.4, -0.2) is 57.4 Å². The molecule has 0 aliphatic rings. The highest BCUT2D eigenvalue weighted by molar-refractivity contribution is 5.76. The van der Waals surface area contributed by atoms with Gasteiger partial charge in [0.15, 0.2) is 0 Å². The lowest BCUT2D eigenvalue weighted by Crippen LogP contribution is -2.43. The van der Waals surface area contributed by atoms with Crippen molar-refractivity contribution in [3.05, 3.63) is 0 Å². The Kier molecular flexibility index (Phi) is 9.92. The highest BCUT2D eigenvalue weighted by Gasteiger charge is 2.19.